The lowest BCUT2D eigenvalue weighted by Gasteiger charge is -2.18. The molecule has 2 N–H and O–H groups in total. The number of nitrogens with zero attached hydrogens (tertiary/aromatic N) is 2. The fraction of sp³-hybridized carbons (Fsp3) is 0.688. The standard InChI is InChI=1S/C16H25N3O3/c1-9(7-13-10(2)18-19(4)11(13)3)15(20)17-14(16(21)22)8-12-5-6-12/h9,12,14H,5-8H2,1-4H3,(H,17,20)(H,21,22). The molecule has 6 heteroatoms. The van der Waals surface area contributed by atoms with Gasteiger partial charge < -0.3 is 10.4 Å². The number of rotatable bonds is 7. The molecule has 1 aromatic rings. The number of carboxylic acid groups (broad SMARTS) is 1. The van der Waals surface area contributed by atoms with E-state index in [4.69, 9.17) is 0 Å². The van der Waals surface area contributed by atoms with Crippen LogP contribution in [0, 0.1) is 25.7 Å². The van der Waals surface area contributed by atoms with Crippen LogP contribution in [0.4, 0.5) is 0 Å². The summed E-state index contributed by atoms with van der Waals surface area (Å²) in [6.07, 6.45) is 3.26. The number of hydrogen-bond acceptors (Lipinski definition) is 3. The van der Waals surface area contributed by atoms with Crippen molar-refractivity contribution in [2.24, 2.45) is 18.9 Å². The molecule has 1 heterocycles. The van der Waals surface area contributed by atoms with Crippen LogP contribution in [-0.4, -0.2) is 32.8 Å². The minimum absolute atomic E-state index is 0.198. The third-order valence-corrected chi connectivity index (χ3v) is 4.50. The van der Waals surface area contributed by atoms with E-state index in [9.17, 15) is 14.7 Å². The normalized spacial score (nSPS) is 17.1. The zero-order valence-corrected chi connectivity index (χ0v) is 13.7. The fourth-order valence-electron chi connectivity index (χ4n) is 2.73. The van der Waals surface area contributed by atoms with Crippen molar-refractivity contribution in [2.75, 3.05) is 0 Å². The van der Waals surface area contributed by atoms with Gasteiger partial charge in [0.2, 0.25) is 5.91 Å². The van der Waals surface area contributed by atoms with Crippen molar-refractivity contribution in [2.45, 2.75) is 52.5 Å². The lowest BCUT2D eigenvalue weighted by atomic mass is 9.98. The SMILES string of the molecule is Cc1nn(C)c(C)c1CC(C)C(=O)NC(CC1CC1)C(=O)O. The molecule has 1 aliphatic carbocycles. The molecule has 0 spiro atoms. The van der Waals surface area contributed by atoms with Crippen LogP contribution in [0.2, 0.25) is 0 Å². The Kier molecular flexibility index (Phi) is 4.88. The number of carbonyl (C=O) groups is 2. The molecule has 0 aliphatic heterocycles. The van der Waals surface area contributed by atoms with Crippen LogP contribution in [-0.2, 0) is 23.1 Å². The van der Waals surface area contributed by atoms with Crippen molar-refractivity contribution >= 4 is 11.9 Å². The van der Waals surface area contributed by atoms with Crippen LogP contribution in [0.25, 0.3) is 0 Å². The first-order chi connectivity index (χ1) is 10.3. The van der Waals surface area contributed by atoms with E-state index in [1.165, 1.54) is 0 Å². The molecule has 6 nitrogen and oxygen atoms in total. The minimum Gasteiger partial charge on any atom is -0.480 e. The number of aryl methyl sites for hydroxylation is 2. The smallest absolute Gasteiger partial charge is 0.326 e. The van der Waals surface area contributed by atoms with E-state index in [2.05, 4.69) is 10.4 Å². The molecule has 22 heavy (non-hydrogen) atoms. The second kappa shape index (κ2) is 6.50. The number of hydrogen-bond donors (Lipinski definition) is 2. The first-order valence-corrected chi connectivity index (χ1v) is 7.81. The van der Waals surface area contributed by atoms with Crippen LogP contribution in [0.1, 0.15) is 43.1 Å². The maximum absolute atomic E-state index is 12.3. The van der Waals surface area contributed by atoms with Crippen LogP contribution in [0.3, 0.4) is 0 Å². The van der Waals surface area contributed by atoms with Crippen LogP contribution in [0.15, 0.2) is 0 Å². The molecular weight excluding hydrogens is 282 g/mol. The molecule has 1 fully saturated rings. The Hall–Kier alpha value is -1.85. The highest BCUT2D eigenvalue weighted by atomic mass is 16.4. The lowest BCUT2D eigenvalue weighted by Crippen LogP contribution is -2.43. The summed E-state index contributed by atoms with van der Waals surface area (Å²) in [6.45, 7) is 5.74. The Labute approximate surface area is 130 Å². The molecule has 1 aliphatic rings. The summed E-state index contributed by atoms with van der Waals surface area (Å²) in [6, 6.07) is -0.765. The van der Waals surface area contributed by atoms with Gasteiger partial charge in [-0.25, -0.2) is 4.79 Å². The van der Waals surface area contributed by atoms with Gasteiger partial charge >= 0.3 is 5.97 Å². The summed E-state index contributed by atoms with van der Waals surface area (Å²) < 4.78 is 1.81. The van der Waals surface area contributed by atoms with Crippen LogP contribution >= 0.6 is 0 Å². The average molecular weight is 307 g/mol. The first-order valence-electron chi connectivity index (χ1n) is 7.81. The van der Waals surface area contributed by atoms with Crippen molar-refractivity contribution in [3.8, 4) is 0 Å². The summed E-state index contributed by atoms with van der Waals surface area (Å²) in [4.78, 5) is 23.6. The largest absolute Gasteiger partial charge is 0.480 e. The lowest BCUT2D eigenvalue weighted by molar-refractivity contribution is -0.142. The Balaban J connectivity index is 1.97. The molecule has 1 amide bonds. The van der Waals surface area contributed by atoms with E-state index in [-0.39, 0.29) is 11.8 Å². The predicted molar refractivity (Wildman–Crippen MR) is 82.5 cm³/mol. The van der Waals surface area contributed by atoms with E-state index in [0.29, 0.717) is 18.8 Å². The summed E-state index contributed by atoms with van der Waals surface area (Å²) >= 11 is 0. The Morgan fingerprint density at radius 1 is 1.41 bits per heavy atom. The Bertz CT molecular complexity index is 575. The topological polar surface area (TPSA) is 84.2 Å². The van der Waals surface area contributed by atoms with E-state index in [1.54, 1.807) is 0 Å². The molecule has 1 saturated carbocycles. The summed E-state index contributed by atoms with van der Waals surface area (Å²) in [7, 11) is 1.88. The van der Waals surface area contributed by atoms with Gasteiger partial charge in [-0.2, -0.15) is 5.10 Å². The number of amides is 1. The maximum atomic E-state index is 12.3. The molecular formula is C16H25N3O3. The van der Waals surface area contributed by atoms with E-state index < -0.39 is 12.0 Å². The maximum Gasteiger partial charge on any atom is 0.326 e. The monoisotopic (exact) mass is 307 g/mol. The van der Waals surface area contributed by atoms with Gasteiger partial charge in [0, 0.05) is 18.7 Å². The zero-order chi connectivity index (χ0) is 16.4. The number of aromatic nitrogens is 2. The van der Waals surface area contributed by atoms with Gasteiger partial charge in [-0.15, -0.1) is 0 Å². The van der Waals surface area contributed by atoms with Gasteiger partial charge in [0.15, 0.2) is 0 Å². The summed E-state index contributed by atoms with van der Waals surface area (Å²) in [5.74, 6) is -0.959. The fourth-order valence-corrected chi connectivity index (χ4v) is 2.73. The molecule has 122 valence electrons. The molecule has 2 unspecified atom stereocenters. The highest BCUT2D eigenvalue weighted by Gasteiger charge is 2.31. The first kappa shape index (κ1) is 16.5. The van der Waals surface area contributed by atoms with Crippen molar-refractivity contribution in [3.63, 3.8) is 0 Å². The minimum atomic E-state index is -0.943. The molecule has 0 aromatic carbocycles. The van der Waals surface area contributed by atoms with Gasteiger partial charge in [-0.3, -0.25) is 9.48 Å². The Morgan fingerprint density at radius 2 is 2.05 bits per heavy atom. The highest BCUT2D eigenvalue weighted by Crippen LogP contribution is 2.33. The van der Waals surface area contributed by atoms with Crippen molar-refractivity contribution in [1.82, 2.24) is 15.1 Å². The second-order valence-corrected chi connectivity index (χ2v) is 6.46. The van der Waals surface area contributed by atoms with Gasteiger partial charge in [0.05, 0.1) is 5.69 Å². The summed E-state index contributed by atoms with van der Waals surface area (Å²) in [5, 5.41) is 16.3. The van der Waals surface area contributed by atoms with Crippen molar-refractivity contribution in [1.29, 1.82) is 0 Å². The number of aliphatic carboxylic acids is 1. The van der Waals surface area contributed by atoms with E-state index in [1.807, 2.05) is 32.5 Å². The number of nitrogens with one attached hydrogen (secondary N) is 1. The van der Waals surface area contributed by atoms with Gasteiger partial charge in [0.25, 0.3) is 0 Å². The quantitative estimate of drug-likeness (QED) is 0.801. The van der Waals surface area contributed by atoms with Gasteiger partial charge in [-0.1, -0.05) is 19.8 Å². The Morgan fingerprint density at radius 3 is 2.50 bits per heavy atom. The molecule has 0 bridgehead atoms. The second-order valence-electron chi connectivity index (χ2n) is 6.46. The van der Waals surface area contributed by atoms with Crippen LogP contribution < -0.4 is 5.32 Å². The van der Waals surface area contributed by atoms with Gasteiger partial charge in [-0.05, 0) is 38.2 Å². The molecule has 1 aromatic heterocycles. The number of carbonyl (C=O) groups excluding carboxylic acids is 1. The third-order valence-electron chi connectivity index (χ3n) is 4.50. The molecule has 2 rings (SSSR count). The predicted octanol–water partition coefficient (Wildman–Crippen LogP) is 1.59. The van der Waals surface area contributed by atoms with Crippen molar-refractivity contribution in [3.05, 3.63) is 17.0 Å². The van der Waals surface area contributed by atoms with E-state index >= 15 is 0 Å². The van der Waals surface area contributed by atoms with Crippen LogP contribution in [0.5, 0.6) is 0 Å². The molecule has 2 atom stereocenters. The number of carboxylic acids is 1. The zero-order valence-electron chi connectivity index (χ0n) is 13.7. The highest BCUT2D eigenvalue weighted by molar-refractivity contribution is 5.85. The van der Waals surface area contributed by atoms with Crippen molar-refractivity contribution < 1.29 is 14.7 Å². The molecule has 0 saturated heterocycles. The molecule has 0 radical (unpaired) electrons. The van der Waals surface area contributed by atoms with Gasteiger partial charge in [0.1, 0.15) is 6.04 Å². The average Bonchev–Trinajstić information content (AvgIpc) is 3.22. The summed E-state index contributed by atoms with van der Waals surface area (Å²) in [5.41, 5.74) is 3.04. The van der Waals surface area contributed by atoms with E-state index in [0.717, 1.165) is 29.8 Å². The third kappa shape index (κ3) is 3.87.